The lowest BCUT2D eigenvalue weighted by Crippen LogP contribution is -2.62. The topological polar surface area (TPSA) is 11.4 Å². The van der Waals surface area contributed by atoms with Crippen molar-refractivity contribution in [3.8, 4) is 5.69 Å². The summed E-state index contributed by atoms with van der Waals surface area (Å²) >= 11 is 0.764. The number of rotatable bonds is 1. The molecule has 9 aromatic rings. The van der Waals surface area contributed by atoms with Crippen LogP contribution in [0.2, 0.25) is 0 Å². The first-order valence-electron chi connectivity index (χ1n) is 27.5. The number of fused-ring (bicyclic) bond motifs is 12. The van der Waals surface area contributed by atoms with Gasteiger partial charge in [-0.25, -0.2) is 0 Å². The van der Waals surface area contributed by atoms with Crippen LogP contribution in [0, 0.1) is 6.92 Å². The molecule has 0 spiro atoms. The molecule has 0 saturated carbocycles. The molecule has 3 nitrogen and oxygen atoms in total. The van der Waals surface area contributed by atoms with Crippen LogP contribution in [-0.2, 0) is 5.41 Å². The highest BCUT2D eigenvalue weighted by molar-refractivity contribution is 7.26. The highest BCUT2D eigenvalue weighted by Gasteiger charge is 2.46. The fourth-order valence-electron chi connectivity index (χ4n) is 7.95. The Hall–Kier alpha value is -5.78. The maximum atomic E-state index is 10.3. The molecule has 3 aliphatic rings. The van der Waals surface area contributed by atoms with Crippen molar-refractivity contribution in [1.29, 1.82) is 0 Å². The Morgan fingerprint density at radius 1 is 0.577 bits per heavy atom. The van der Waals surface area contributed by atoms with Crippen molar-refractivity contribution in [2.45, 2.75) is 33.1 Å². The van der Waals surface area contributed by atoms with Gasteiger partial charge in [0, 0.05) is 43.3 Å². The molecular formula is C47H34BN3S. The molecule has 0 fully saturated rings. The van der Waals surface area contributed by atoms with Gasteiger partial charge in [0.15, 0.2) is 0 Å². The Morgan fingerprint density at radius 2 is 1.27 bits per heavy atom. The van der Waals surface area contributed by atoms with E-state index in [-0.39, 0.29) is 115 Å². The van der Waals surface area contributed by atoms with Crippen molar-refractivity contribution in [3.05, 3.63) is 144 Å². The number of aromatic nitrogens is 1. The van der Waals surface area contributed by atoms with E-state index in [9.17, 15) is 20.6 Å². The first kappa shape index (κ1) is 15.1. The number of benzene rings is 7. The van der Waals surface area contributed by atoms with Gasteiger partial charge < -0.3 is 14.4 Å². The Kier molecular flexibility index (Phi) is 2.83. The van der Waals surface area contributed by atoms with Crippen molar-refractivity contribution in [2.75, 3.05) is 9.80 Å². The molecule has 0 atom stereocenters. The number of hydrogen-bond donors (Lipinski definition) is 0. The van der Waals surface area contributed by atoms with Crippen LogP contribution in [0.3, 0.4) is 0 Å². The van der Waals surface area contributed by atoms with E-state index in [4.69, 9.17) is 9.60 Å². The van der Waals surface area contributed by atoms with Crippen LogP contribution in [0.25, 0.3) is 47.7 Å². The van der Waals surface area contributed by atoms with Crippen LogP contribution >= 0.6 is 11.3 Å². The quantitative estimate of drug-likeness (QED) is 0.158. The molecule has 246 valence electrons. The lowest BCUT2D eigenvalue weighted by Gasteiger charge is -2.46. The average molecular weight is 706 g/mol. The lowest BCUT2D eigenvalue weighted by atomic mass is 9.33. The fraction of sp³-hybridized carbons (Fsp3) is 0.106. The summed E-state index contributed by atoms with van der Waals surface area (Å²) in [5, 5.41) is -0.759. The minimum Gasteiger partial charge on any atom is -0.310 e. The van der Waals surface area contributed by atoms with E-state index in [1.165, 1.54) is 21.3 Å². The van der Waals surface area contributed by atoms with Crippen molar-refractivity contribution in [3.63, 3.8) is 0 Å². The summed E-state index contributed by atoms with van der Waals surface area (Å²) in [6, 6.07) is -13.0. The van der Waals surface area contributed by atoms with Crippen molar-refractivity contribution >= 4 is 111 Å². The van der Waals surface area contributed by atoms with Crippen molar-refractivity contribution in [2.24, 2.45) is 0 Å². The van der Waals surface area contributed by atoms with Gasteiger partial charge in [-0.05, 0) is 88.2 Å². The molecule has 52 heavy (non-hydrogen) atoms. The van der Waals surface area contributed by atoms with E-state index in [1.807, 2.05) is 0 Å². The molecule has 0 saturated heterocycles. The summed E-state index contributed by atoms with van der Waals surface area (Å²) in [4.78, 5) is 2.53. The second-order valence-corrected chi connectivity index (χ2v) is 15.1. The van der Waals surface area contributed by atoms with Gasteiger partial charge in [-0.1, -0.05) is 105 Å². The lowest BCUT2D eigenvalue weighted by molar-refractivity contribution is 0.591. The first-order valence-corrected chi connectivity index (χ1v) is 17.4. The van der Waals surface area contributed by atoms with Gasteiger partial charge in [-0.3, -0.25) is 0 Å². The van der Waals surface area contributed by atoms with Gasteiger partial charge in [0.1, 0.15) is 0 Å². The zero-order chi connectivity index (χ0) is 53.8. The third-order valence-electron chi connectivity index (χ3n) is 10.1. The van der Waals surface area contributed by atoms with Crippen LogP contribution in [0.5, 0.6) is 0 Å². The zero-order valence-corrected chi connectivity index (χ0v) is 28.6. The highest BCUT2D eigenvalue weighted by Crippen LogP contribution is 2.53. The number of nitrogens with zero attached hydrogens (tertiary/aromatic N) is 3. The van der Waals surface area contributed by atoms with Gasteiger partial charge in [0.25, 0.3) is 6.71 Å². The molecule has 0 bridgehead atoms. The molecule has 0 amide bonds. The maximum Gasteiger partial charge on any atom is 0.252 e. The summed E-state index contributed by atoms with van der Waals surface area (Å²) in [6.45, 7) is 4.98. The van der Waals surface area contributed by atoms with Crippen LogP contribution in [0.15, 0.2) is 133 Å². The minimum absolute atomic E-state index is 0.0284. The number of hydrogen-bond acceptors (Lipinski definition) is 3. The SMILES string of the molecule is [2H]c1c([2H])c2c3c(c1[2H])-n1c4c([2H])c([2H])c([2H])c([2H])c4c4c([2H])c([2H])c([2H])c(c41)N3c1c([2H])c(C)c([2H])c3c1B2c1c([2H])c(C(C)(C)C)c([2H])c([2H])c1N3c1c([2H])c([2H])c([2H])c2c1sc1c([2H])c([2H])c([2H])c([2H])c12. The molecule has 2 aromatic heterocycles. The zero-order valence-electron chi connectivity index (χ0n) is 49.8. The second-order valence-electron chi connectivity index (χ2n) is 14.1. The summed E-state index contributed by atoms with van der Waals surface area (Å²) in [5.74, 6) is 0. The van der Waals surface area contributed by atoms with E-state index in [0.717, 1.165) is 11.3 Å². The van der Waals surface area contributed by atoms with Crippen molar-refractivity contribution < 1.29 is 30.2 Å². The summed E-state index contributed by atoms with van der Waals surface area (Å²) in [6.07, 6.45) is 0. The predicted molar refractivity (Wildman–Crippen MR) is 225 cm³/mol. The van der Waals surface area contributed by atoms with Crippen LogP contribution in [0.4, 0.5) is 34.1 Å². The Balaban J connectivity index is 1.39. The number of thiophene rings is 1. The normalized spacial score (nSPS) is 20.0. The van der Waals surface area contributed by atoms with E-state index in [0.29, 0.717) is 0 Å². The monoisotopic (exact) mass is 705 g/mol. The average Bonchev–Trinajstić information content (AvgIpc) is 3.93. The van der Waals surface area contributed by atoms with Gasteiger partial charge in [-0.2, -0.15) is 0 Å². The molecule has 5 heterocycles. The first-order chi connectivity index (χ1) is 34.6. The van der Waals surface area contributed by atoms with Crippen LogP contribution < -0.4 is 26.2 Å². The van der Waals surface area contributed by atoms with E-state index < -0.39 is 139 Å². The smallest absolute Gasteiger partial charge is 0.252 e. The molecule has 3 aliphatic heterocycles. The van der Waals surface area contributed by atoms with Gasteiger partial charge in [-0.15, -0.1) is 11.3 Å². The highest BCUT2D eigenvalue weighted by atomic mass is 32.1. The number of anilines is 6. The Labute approximate surface area is 338 Å². The minimum atomic E-state index is -1.58. The molecule has 12 rings (SSSR count). The summed E-state index contributed by atoms with van der Waals surface area (Å²) in [5.41, 5.74) is -3.74. The van der Waals surface area contributed by atoms with E-state index >= 15 is 0 Å². The molecule has 0 radical (unpaired) electrons. The molecule has 0 N–H and O–H groups in total. The number of para-hydroxylation sites is 3. The van der Waals surface area contributed by atoms with Crippen molar-refractivity contribution in [1.82, 2.24) is 4.57 Å². The summed E-state index contributed by atoms with van der Waals surface area (Å²) in [7, 11) is 0. The standard InChI is InChI=1S/C47H34BN3S/c1-27-24-40-43-41(25-27)51-37-18-9-14-31-29-12-5-7-17-35(29)50(44(31)37)38-19-11-16-33(45(38)51)48(43)34-26-28(47(2,3)4)22-23-36(34)49(40)39-20-10-15-32-30-13-6-8-21-42(30)52-46(32)39/h5-26H,1-4H3/i5D,6D,7D,8D,9D,10D,11D,12D,13D,14D,15D,16D,17D,18D,19D,20D,21D,22D,23D,24D,25D,26D. The predicted octanol–water partition coefficient (Wildman–Crippen LogP) is 11.2. The van der Waals surface area contributed by atoms with E-state index in [2.05, 4.69) is 0 Å². The molecule has 0 unspecified atom stereocenters. The second kappa shape index (κ2) is 9.75. The van der Waals surface area contributed by atoms with Crippen LogP contribution in [0.1, 0.15) is 62.1 Å². The van der Waals surface area contributed by atoms with Gasteiger partial charge >= 0.3 is 0 Å². The van der Waals surface area contributed by atoms with Crippen LogP contribution in [-0.4, -0.2) is 11.3 Å². The maximum absolute atomic E-state index is 10.3. The third kappa shape index (κ3) is 3.52. The summed E-state index contributed by atoms with van der Waals surface area (Å²) < 4.78 is 208. The van der Waals surface area contributed by atoms with Gasteiger partial charge in [0.05, 0.1) is 68.6 Å². The van der Waals surface area contributed by atoms with E-state index in [1.54, 1.807) is 20.8 Å². The Bertz CT molecular complexity index is 4310. The molecule has 0 aliphatic carbocycles. The van der Waals surface area contributed by atoms with Gasteiger partial charge in [0.2, 0.25) is 0 Å². The molecule has 7 aromatic carbocycles. The largest absolute Gasteiger partial charge is 0.310 e. The molecular weight excluding hydrogens is 649 g/mol. The Morgan fingerprint density at radius 3 is 2.12 bits per heavy atom. The third-order valence-corrected chi connectivity index (χ3v) is 11.2. The molecule has 5 heteroatoms. The fourth-order valence-corrected chi connectivity index (χ4v) is 9.01.